The van der Waals surface area contributed by atoms with Crippen molar-refractivity contribution in [3.8, 4) is 0 Å². The lowest BCUT2D eigenvalue weighted by Crippen LogP contribution is -2.38. The maximum atomic E-state index is 5.90. The molecule has 1 aliphatic rings. The Morgan fingerprint density at radius 3 is 2.80 bits per heavy atom. The first kappa shape index (κ1) is 22.5. The van der Waals surface area contributed by atoms with Gasteiger partial charge in [-0.15, -0.1) is 24.0 Å². The van der Waals surface area contributed by atoms with Crippen molar-refractivity contribution in [3.05, 3.63) is 34.9 Å². The molecule has 1 atom stereocenters. The SMILES string of the molecule is CCNC(=NCc1ccc(Cl)cc1)NCCCOCC1CCCO1.I. The number of rotatable bonds is 9. The van der Waals surface area contributed by atoms with Gasteiger partial charge in [-0.1, -0.05) is 23.7 Å². The molecule has 1 fully saturated rings. The predicted octanol–water partition coefficient (Wildman–Crippen LogP) is 3.60. The van der Waals surface area contributed by atoms with E-state index in [1.54, 1.807) is 0 Å². The van der Waals surface area contributed by atoms with Crippen molar-refractivity contribution < 1.29 is 9.47 Å². The first-order chi connectivity index (χ1) is 11.8. The van der Waals surface area contributed by atoms with Gasteiger partial charge in [0.05, 0.1) is 19.3 Å². The Balaban J connectivity index is 0.00000312. The van der Waals surface area contributed by atoms with E-state index in [4.69, 9.17) is 21.1 Å². The number of hydrogen-bond acceptors (Lipinski definition) is 3. The van der Waals surface area contributed by atoms with Gasteiger partial charge in [0.2, 0.25) is 0 Å². The molecule has 0 amide bonds. The lowest BCUT2D eigenvalue weighted by Gasteiger charge is -2.12. The minimum atomic E-state index is 0. The second-order valence-corrected chi connectivity index (χ2v) is 6.25. The van der Waals surface area contributed by atoms with Crippen LogP contribution in [0.3, 0.4) is 0 Å². The van der Waals surface area contributed by atoms with Gasteiger partial charge in [0.25, 0.3) is 0 Å². The van der Waals surface area contributed by atoms with Gasteiger partial charge in [-0.2, -0.15) is 0 Å². The Labute approximate surface area is 172 Å². The highest BCUT2D eigenvalue weighted by Crippen LogP contribution is 2.12. The summed E-state index contributed by atoms with van der Waals surface area (Å²) < 4.78 is 11.2. The molecule has 25 heavy (non-hydrogen) atoms. The van der Waals surface area contributed by atoms with E-state index in [0.717, 1.165) is 62.1 Å². The van der Waals surface area contributed by atoms with E-state index in [0.29, 0.717) is 19.3 Å². The molecule has 142 valence electrons. The number of guanidine groups is 1. The molecular weight excluding hydrogens is 453 g/mol. The monoisotopic (exact) mass is 481 g/mol. The van der Waals surface area contributed by atoms with Crippen molar-refractivity contribution >= 4 is 41.5 Å². The Morgan fingerprint density at radius 2 is 2.12 bits per heavy atom. The van der Waals surface area contributed by atoms with Crippen LogP contribution in [-0.2, 0) is 16.0 Å². The lowest BCUT2D eigenvalue weighted by molar-refractivity contribution is 0.0168. The second kappa shape index (κ2) is 13.6. The first-order valence-corrected chi connectivity index (χ1v) is 9.11. The fourth-order valence-electron chi connectivity index (χ4n) is 2.47. The summed E-state index contributed by atoms with van der Waals surface area (Å²) in [5.74, 6) is 0.826. The maximum absolute atomic E-state index is 5.90. The quantitative estimate of drug-likeness (QED) is 0.245. The van der Waals surface area contributed by atoms with Crippen LogP contribution >= 0.6 is 35.6 Å². The lowest BCUT2D eigenvalue weighted by atomic mass is 10.2. The number of nitrogens with one attached hydrogen (secondary N) is 2. The number of aliphatic imine (C=N–C) groups is 1. The summed E-state index contributed by atoms with van der Waals surface area (Å²) in [6.07, 6.45) is 3.53. The summed E-state index contributed by atoms with van der Waals surface area (Å²) in [4.78, 5) is 4.58. The van der Waals surface area contributed by atoms with Crippen LogP contribution < -0.4 is 10.6 Å². The molecule has 0 spiro atoms. The molecule has 2 rings (SSSR count). The average Bonchev–Trinajstić information content (AvgIpc) is 3.10. The van der Waals surface area contributed by atoms with Crippen molar-refractivity contribution in [2.45, 2.75) is 38.8 Å². The van der Waals surface area contributed by atoms with Crippen LogP contribution in [0.5, 0.6) is 0 Å². The molecule has 0 saturated carbocycles. The third-order valence-corrected chi connectivity index (χ3v) is 4.01. The molecule has 1 heterocycles. The maximum Gasteiger partial charge on any atom is 0.191 e. The smallest absolute Gasteiger partial charge is 0.191 e. The number of benzene rings is 1. The van der Waals surface area contributed by atoms with Crippen molar-refractivity contribution in [2.24, 2.45) is 4.99 Å². The standard InChI is InChI=1S/C18H28ClN3O2.HI/c1-2-20-18(22-13-15-6-8-16(19)9-7-15)21-10-4-11-23-14-17-5-3-12-24-17;/h6-9,17H,2-5,10-14H2,1H3,(H2,20,21,22);1H. The molecule has 0 bridgehead atoms. The summed E-state index contributed by atoms with van der Waals surface area (Å²) in [7, 11) is 0. The molecule has 0 aromatic heterocycles. The van der Waals surface area contributed by atoms with Gasteiger partial charge in [0, 0.05) is 31.3 Å². The normalized spacial score (nSPS) is 17.2. The van der Waals surface area contributed by atoms with Crippen LogP contribution in [0.4, 0.5) is 0 Å². The molecule has 1 unspecified atom stereocenters. The summed E-state index contributed by atoms with van der Waals surface area (Å²) in [6.45, 7) is 6.69. The van der Waals surface area contributed by atoms with Crippen molar-refractivity contribution in [1.82, 2.24) is 10.6 Å². The molecule has 7 heteroatoms. The summed E-state index contributed by atoms with van der Waals surface area (Å²) in [6, 6.07) is 7.76. The van der Waals surface area contributed by atoms with Gasteiger partial charge in [-0.3, -0.25) is 0 Å². The topological polar surface area (TPSA) is 54.9 Å². The number of nitrogens with zero attached hydrogens (tertiary/aromatic N) is 1. The van der Waals surface area contributed by atoms with Crippen LogP contribution in [0.2, 0.25) is 5.02 Å². The fraction of sp³-hybridized carbons (Fsp3) is 0.611. The van der Waals surface area contributed by atoms with E-state index in [-0.39, 0.29) is 24.0 Å². The molecule has 1 aromatic carbocycles. The Morgan fingerprint density at radius 1 is 1.32 bits per heavy atom. The highest BCUT2D eigenvalue weighted by atomic mass is 127. The zero-order valence-corrected chi connectivity index (χ0v) is 17.9. The van der Waals surface area contributed by atoms with Gasteiger partial charge < -0.3 is 20.1 Å². The van der Waals surface area contributed by atoms with Crippen LogP contribution in [0.1, 0.15) is 31.7 Å². The van der Waals surface area contributed by atoms with Gasteiger partial charge in [-0.05, 0) is 43.9 Å². The minimum absolute atomic E-state index is 0. The van der Waals surface area contributed by atoms with E-state index in [9.17, 15) is 0 Å². The van der Waals surface area contributed by atoms with E-state index in [2.05, 4.69) is 22.5 Å². The van der Waals surface area contributed by atoms with Gasteiger partial charge in [0.15, 0.2) is 5.96 Å². The third kappa shape index (κ3) is 9.63. The fourth-order valence-corrected chi connectivity index (χ4v) is 2.60. The van der Waals surface area contributed by atoms with E-state index in [1.165, 1.54) is 0 Å². The Kier molecular flexibility index (Phi) is 12.2. The molecule has 1 saturated heterocycles. The van der Waals surface area contributed by atoms with Crippen molar-refractivity contribution in [2.75, 3.05) is 32.9 Å². The highest BCUT2D eigenvalue weighted by molar-refractivity contribution is 14.0. The highest BCUT2D eigenvalue weighted by Gasteiger charge is 2.14. The molecule has 2 N–H and O–H groups in total. The van der Waals surface area contributed by atoms with Crippen LogP contribution in [0.25, 0.3) is 0 Å². The zero-order valence-electron chi connectivity index (χ0n) is 14.8. The first-order valence-electron chi connectivity index (χ1n) is 8.74. The molecule has 1 aromatic rings. The summed E-state index contributed by atoms with van der Waals surface area (Å²) in [5, 5.41) is 7.33. The molecule has 5 nitrogen and oxygen atoms in total. The van der Waals surface area contributed by atoms with E-state index >= 15 is 0 Å². The van der Waals surface area contributed by atoms with Gasteiger partial charge in [0.1, 0.15) is 0 Å². The second-order valence-electron chi connectivity index (χ2n) is 5.81. The van der Waals surface area contributed by atoms with Gasteiger partial charge >= 0.3 is 0 Å². The van der Waals surface area contributed by atoms with E-state index < -0.39 is 0 Å². The zero-order chi connectivity index (χ0) is 17.0. The van der Waals surface area contributed by atoms with Crippen molar-refractivity contribution in [1.29, 1.82) is 0 Å². The van der Waals surface area contributed by atoms with Crippen molar-refractivity contribution in [3.63, 3.8) is 0 Å². The largest absolute Gasteiger partial charge is 0.379 e. The Bertz CT molecular complexity index is 494. The van der Waals surface area contributed by atoms with Crippen LogP contribution in [-0.4, -0.2) is 45.0 Å². The van der Waals surface area contributed by atoms with Crippen LogP contribution in [0, 0.1) is 0 Å². The predicted molar refractivity (Wildman–Crippen MR) is 114 cm³/mol. The molecule has 1 aliphatic heterocycles. The Hall–Kier alpha value is -0.570. The number of ether oxygens (including phenoxy) is 2. The molecule has 0 radical (unpaired) electrons. The minimum Gasteiger partial charge on any atom is -0.379 e. The number of hydrogen-bond donors (Lipinski definition) is 2. The van der Waals surface area contributed by atoms with Gasteiger partial charge in [-0.25, -0.2) is 4.99 Å². The number of halogens is 2. The summed E-state index contributed by atoms with van der Waals surface area (Å²) >= 11 is 5.90. The summed E-state index contributed by atoms with van der Waals surface area (Å²) in [5.41, 5.74) is 1.14. The van der Waals surface area contributed by atoms with E-state index in [1.807, 2.05) is 24.3 Å². The molecule has 0 aliphatic carbocycles. The van der Waals surface area contributed by atoms with Crippen LogP contribution in [0.15, 0.2) is 29.3 Å². The molecular formula is C18H29ClIN3O2. The average molecular weight is 482 g/mol. The third-order valence-electron chi connectivity index (χ3n) is 3.76.